The average molecular weight is 402 g/mol. The van der Waals surface area contributed by atoms with Gasteiger partial charge in [0.25, 0.3) is 0 Å². The van der Waals surface area contributed by atoms with Gasteiger partial charge in [0.15, 0.2) is 0 Å². The van der Waals surface area contributed by atoms with Crippen LogP contribution in [0.15, 0.2) is 24.3 Å². The monoisotopic (exact) mass is 402 g/mol. The molecule has 0 aliphatic carbocycles. The van der Waals surface area contributed by atoms with Crippen molar-refractivity contribution in [2.75, 3.05) is 25.0 Å². The molecule has 1 aromatic carbocycles. The van der Waals surface area contributed by atoms with E-state index in [4.69, 9.17) is 5.11 Å². The zero-order valence-corrected chi connectivity index (χ0v) is 13.9. The minimum absolute atomic E-state index is 0.0157. The molecule has 2 rings (SSSR count). The van der Waals surface area contributed by atoms with Crippen molar-refractivity contribution in [1.29, 1.82) is 0 Å². The van der Waals surface area contributed by atoms with Gasteiger partial charge in [-0.3, -0.25) is 14.5 Å². The summed E-state index contributed by atoms with van der Waals surface area (Å²) in [7, 11) is 0. The number of hydrogen-bond acceptors (Lipinski definition) is 3. The summed E-state index contributed by atoms with van der Waals surface area (Å²) < 4.78 is 1.02. The molecule has 1 heterocycles. The van der Waals surface area contributed by atoms with E-state index in [1.807, 2.05) is 24.3 Å². The molecule has 1 amide bonds. The summed E-state index contributed by atoms with van der Waals surface area (Å²) >= 11 is 2.19. The Morgan fingerprint density at radius 3 is 2.86 bits per heavy atom. The molecule has 0 aromatic heterocycles. The summed E-state index contributed by atoms with van der Waals surface area (Å²) in [5.74, 6) is -0.367. The molecule has 1 aliphatic heterocycles. The number of hydrogen-bond donors (Lipinski definition) is 2. The van der Waals surface area contributed by atoms with Crippen LogP contribution in [0.1, 0.15) is 19.3 Å². The highest BCUT2D eigenvalue weighted by molar-refractivity contribution is 14.1. The van der Waals surface area contributed by atoms with Gasteiger partial charge in [-0.1, -0.05) is 12.1 Å². The maximum absolute atomic E-state index is 12.0. The minimum Gasteiger partial charge on any atom is -0.481 e. The molecule has 1 aromatic rings. The van der Waals surface area contributed by atoms with Crippen molar-refractivity contribution in [3.8, 4) is 0 Å². The number of nitrogens with zero attached hydrogens (tertiary/aromatic N) is 1. The van der Waals surface area contributed by atoms with E-state index >= 15 is 0 Å². The molecule has 0 bridgehead atoms. The van der Waals surface area contributed by atoms with Crippen LogP contribution in [-0.2, 0) is 9.59 Å². The third-order valence-corrected chi connectivity index (χ3v) is 4.59. The van der Waals surface area contributed by atoms with Crippen LogP contribution in [0.4, 0.5) is 5.69 Å². The normalized spacial score (nSPS) is 18.6. The molecular weight excluding hydrogens is 383 g/mol. The van der Waals surface area contributed by atoms with Crippen LogP contribution < -0.4 is 5.32 Å². The summed E-state index contributed by atoms with van der Waals surface area (Å²) in [6, 6.07) is 7.67. The Kier molecular flexibility index (Phi) is 5.98. The van der Waals surface area contributed by atoms with Crippen molar-refractivity contribution in [2.24, 2.45) is 5.92 Å². The van der Waals surface area contributed by atoms with E-state index in [0.717, 1.165) is 28.8 Å². The number of halogens is 1. The van der Waals surface area contributed by atoms with E-state index in [2.05, 4.69) is 32.8 Å². The van der Waals surface area contributed by atoms with Gasteiger partial charge in [-0.25, -0.2) is 0 Å². The number of carbonyl (C=O) groups excluding carboxylic acids is 1. The molecule has 5 nitrogen and oxygen atoms in total. The fourth-order valence-electron chi connectivity index (χ4n) is 2.58. The Balaban J connectivity index is 1.76. The van der Waals surface area contributed by atoms with Gasteiger partial charge in [0.05, 0.1) is 12.2 Å². The zero-order chi connectivity index (χ0) is 15.2. The lowest BCUT2D eigenvalue weighted by molar-refractivity contribution is -0.137. The SMILES string of the molecule is O=C(O)CCC1CCN(CC(=O)Nc2ccccc2I)C1. The highest BCUT2D eigenvalue weighted by Gasteiger charge is 2.24. The molecule has 1 unspecified atom stereocenters. The molecule has 1 fully saturated rings. The second-order valence-corrected chi connectivity index (χ2v) is 6.51. The number of carboxylic acid groups (broad SMARTS) is 1. The lowest BCUT2D eigenvalue weighted by atomic mass is 10.0. The van der Waals surface area contributed by atoms with E-state index in [1.165, 1.54) is 0 Å². The Hall–Kier alpha value is -1.15. The van der Waals surface area contributed by atoms with E-state index in [0.29, 0.717) is 18.9 Å². The van der Waals surface area contributed by atoms with E-state index in [9.17, 15) is 9.59 Å². The first-order valence-electron chi connectivity index (χ1n) is 7.03. The van der Waals surface area contributed by atoms with Gasteiger partial charge in [-0.05, 0) is 60.0 Å². The lowest BCUT2D eigenvalue weighted by Crippen LogP contribution is -2.31. The highest BCUT2D eigenvalue weighted by Crippen LogP contribution is 2.21. The molecule has 0 saturated carbocycles. The molecule has 1 aliphatic rings. The van der Waals surface area contributed by atoms with Crippen molar-refractivity contribution in [3.05, 3.63) is 27.8 Å². The standard InChI is InChI=1S/C15H19IN2O3/c16-12-3-1-2-4-13(12)17-14(19)10-18-8-7-11(9-18)5-6-15(20)21/h1-4,11H,5-10H2,(H,17,19)(H,20,21). The van der Waals surface area contributed by atoms with Crippen molar-refractivity contribution >= 4 is 40.2 Å². The maximum Gasteiger partial charge on any atom is 0.303 e. The van der Waals surface area contributed by atoms with Crippen LogP contribution in [0.2, 0.25) is 0 Å². The van der Waals surface area contributed by atoms with Gasteiger partial charge in [0.2, 0.25) is 5.91 Å². The summed E-state index contributed by atoms with van der Waals surface area (Å²) in [4.78, 5) is 24.7. The fourth-order valence-corrected chi connectivity index (χ4v) is 3.10. The van der Waals surface area contributed by atoms with Gasteiger partial charge < -0.3 is 10.4 Å². The molecular formula is C15H19IN2O3. The number of anilines is 1. The maximum atomic E-state index is 12.0. The molecule has 0 spiro atoms. The van der Waals surface area contributed by atoms with Gasteiger partial charge in [-0.15, -0.1) is 0 Å². The van der Waals surface area contributed by atoms with Gasteiger partial charge in [0, 0.05) is 16.5 Å². The number of carbonyl (C=O) groups is 2. The van der Waals surface area contributed by atoms with Crippen LogP contribution in [0, 0.1) is 9.49 Å². The molecule has 1 saturated heterocycles. The van der Waals surface area contributed by atoms with E-state index < -0.39 is 5.97 Å². The Morgan fingerprint density at radius 1 is 1.38 bits per heavy atom. The first-order valence-corrected chi connectivity index (χ1v) is 8.11. The molecule has 2 N–H and O–H groups in total. The Bertz CT molecular complexity index is 521. The fraction of sp³-hybridized carbons (Fsp3) is 0.467. The number of rotatable bonds is 6. The second kappa shape index (κ2) is 7.74. The number of carboxylic acids is 1. The molecule has 0 radical (unpaired) electrons. The minimum atomic E-state index is -0.746. The average Bonchev–Trinajstić information content (AvgIpc) is 2.86. The number of benzene rings is 1. The smallest absolute Gasteiger partial charge is 0.303 e. The lowest BCUT2D eigenvalue weighted by Gasteiger charge is -2.16. The Morgan fingerprint density at radius 2 is 2.14 bits per heavy atom. The third kappa shape index (κ3) is 5.28. The van der Waals surface area contributed by atoms with Crippen molar-refractivity contribution in [2.45, 2.75) is 19.3 Å². The molecule has 114 valence electrons. The van der Waals surface area contributed by atoms with Crippen LogP contribution >= 0.6 is 22.6 Å². The summed E-state index contributed by atoms with van der Waals surface area (Å²) in [5.41, 5.74) is 0.838. The van der Waals surface area contributed by atoms with Crippen LogP contribution in [0.3, 0.4) is 0 Å². The van der Waals surface area contributed by atoms with Crippen molar-refractivity contribution in [3.63, 3.8) is 0 Å². The molecule has 1 atom stereocenters. The summed E-state index contributed by atoms with van der Waals surface area (Å²) in [6.07, 6.45) is 1.89. The quantitative estimate of drug-likeness (QED) is 0.718. The van der Waals surface area contributed by atoms with E-state index in [-0.39, 0.29) is 12.3 Å². The number of nitrogens with one attached hydrogen (secondary N) is 1. The van der Waals surface area contributed by atoms with Gasteiger partial charge in [0.1, 0.15) is 0 Å². The van der Waals surface area contributed by atoms with Crippen molar-refractivity contribution in [1.82, 2.24) is 4.90 Å². The van der Waals surface area contributed by atoms with Crippen LogP contribution in [0.25, 0.3) is 0 Å². The van der Waals surface area contributed by atoms with E-state index in [1.54, 1.807) is 0 Å². The van der Waals surface area contributed by atoms with Crippen molar-refractivity contribution < 1.29 is 14.7 Å². The number of para-hydroxylation sites is 1. The third-order valence-electron chi connectivity index (χ3n) is 3.65. The first-order chi connectivity index (χ1) is 10.0. The molecule has 6 heteroatoms. The van der Waals surface area contributed by atoms with Gasteiger partial charge in [-0.2, -0.15) is 0 Å². The summed E-state index contributed by atoms with van der Waals surface area (Å²) in [6.45, 7) is 2.05. The first kappa shape index (κ1) is 16.2. The highest BCUT2D eigenvalue weighted by atomic mass is 127. The predicted octanol–water partition coefficient (Wildman–Crippen LogP) is 2.42. The van der Waals surface area contributed by atoms with Crippen LogP contribution in [0.5, 0.6) is 0 Å². The predicted molar refractivity (Wildman–Crippen MR) is 89.2 cm³/mol. The zero-order valence-electron chi connectivity index (χ0n) is 11.7. The number of aliphatic carboxylic acids is 1. The molecule has 21 heavy (non-hydrogen) atoms. The topological polar surface area (TPSA) is 69.6 Å². The van der Waals surface area contributed by atoms with Crippen LogP contribution in [-0.4, -0.2) is 41.5 Å². The Labute approximate surface area is 137 Å². The number of likely N-dealkylation sites (tertiary alicyclic amines) is 1. The second-order valence-electron chi connectivity index (χ2n) is 5.35. The number of amides is 1. The largest absolute Gasteiger partial charge is 0.481 e. The summed E-state index contributed by atoms with van der Waals surface area (Å²) in [5, 5.41) is 11.6. The van der Waals surface area contributed by atoms with Gasteiger partial charge >= 0.3 is 5.97 Å².